The molecule has 1 aromatic carbocycles. The van der Waals surface area contributed by atoms with Gasteiger partial charge in [0.05, 0.1) is 4.90 Å². The number of aryl methyl sites for hydroxylation is 1. The van der Waals surface area contributed by atoms with Gasteiger partial charge in [0.1, 0.15) is 0 Å². The van der Waals surface area contributed by atoms with Gasteiger partial charge >= 0.3 is 0 Å². The van der Waals surface area contributed by atoms with E-state index in [1.807, 2.05) is 0 Å². The molecule has 0 bridgehead atoms. The van der Waals surface area contributed by atoms with Gasteiger partial charge in [-0.05, 0) is 30.7 Å². The van der Waals surface area contributed by atoms with E-state index in [2.05, 4.69) is 4.83 Å². The molecule has 0 atom stereocenters. The monoisotopic (exact) mass is 229 g/mol. The summed E-state index contributed by atoms with van der Waals surface area (Å²) in [5, 5.41) is 1.37. The van der Waals surface area contributed by atoms with Crippen LogP contribution < -0.4 is 10.6 Å². The Labute approximate surface area is 89.9 Å². The fourth-order valence-electron chi connectivity index (χ4n) is 1.22. The molecule has 15 heavy (non-hydrogen) atoms. The Hall–Kier alpha value is -1.11. The smallest absolute Gasteiger partial charge is 0.253 e. The summed E-state index contributed by atoms with van der Waals surface area (Å²) in [5.41, 5.74) is 6.83. The molecule has 0 aromatic heterocycles. The van der Waals surface area contributed by atoms with Crippen molar-refractivity contribution < 1.29 is 8.42 Å². The van der Waals surface area contributed by atoms with Crippen LogP contribution in [-0.4, -0.2) is 27.5 Å². The van der Waals surface area contributed by atoms with Crippen LogP contribution in [-0.2, 0) is 10.0 Å². The van der Waals surface area contributed by atoms with Crippen LogP contribution in [0, 0.1) is 6.92 Å². The van der Waals surface area contributed by atoms with Crippen molar-refractivity contribution in [3.8, 4) is 0 Å². The maximum absolute atomic E-state index is 11.7. The molecular formula is C9H15N3O2S. The Morgan fingerprint density at radius 1 is 1.27 bits per heavy atom. The van der Waals surface area contributed by atoms with Crippen LogP contribution >= 0.6 is 0 Å². The van der Waals surface area contributed by atoms with E-state index in [9.17, 15) is 8.42 Å². The Balaban J connectivity index is 3.16. The van der Waals surface area contributed by atoms with E-state index in [1.165, 1.54) is 11.1 Å². The molecule has 0 spiro atoms. The number of nitrogens with one attached hydrogen (secondary N) is 1. The highest BCUT2D eigenvalue weighted by molar-refractivity contribution is 7.89. The van der Waals surface area contributed by atoms with E-state index < -0.39 is 10.0 Å². The number of hydrogen-bond donors (Lipinski definition) is 2. The van der Waals surface area contributed by atoms with Crippen molar-refractivity contribution in [3.63, 3.8) is 0 Å². The third-order valence-corrected chi connectivity index (χ3v) is 3.15. The van der Waals surface area contributed by atoms with Crippen LogP contribution in [0.4, 0.5) is 5.69 Å². The van der Waals surface area contributed by atoms with Crippen LogP contribution in [0.3, 0.4) is 0 Å². The van der Waals surface area contributed by atoms with E-state index in [0.717, 1.165) is 5.56 Å². The quantitative estimate of drug-likeness (QED) is 0.578. The average Bonchev–Trinajstić information content (AvgIpc) is 1.99. The lowest BCUT2D eigenvalue weighted by Gasteiger charge is -2.13. The van der Waals surface area contributed by atoms with Crippen molar-refractivity contribution in [3.05, 3.63) is 23.8 Å². The molecule has 5 nitrogen and oxygen atoms in total. The molecule has 0 unspecified atom stereocenters. The molecule has 0 radical (unpaired) electrons. The van der Waals surface area contributed by atoms with Crippen LogP contribution in [0.15, 0.2) is 23.1 Å². The summed E-state index contributed by atoms with van der Waals surface area (Å²) >= 11 is 0. The molecule has 0 aliphatic heterocycles. The fourth-order valence-corrected chi connectivity index (χ4v) is 2.44. The standard InChI is InChI=1S/C9H15N3O2S/c1-7-4-8(10)6-9(5-7)15(13,14)11-12(2)3/h4-6,11H,10H2,1-3H3. The Kier molecular flexibility index (Phi) is 3.33. The lowest BCUT2D eigenvalue weighted by atomic mass is 10.2. The van der Waals surface area contributed by atoms with Gasteiger partial charge in [-0.1, -0.05) is 0 Å². The highest BCUT2D eigenvalue weighted by atomic mass is 32.2. The molecule has 84 valence electrons. The molecule has 1 aromatic rings. The molecule has 0 aliphatic rings. The maximum Gasteiger partial charge on any atom is 0.253 e. The molecule has 0 heterocycles. The van der Waals surface area contributed by atoms with Crippen molar-refractivity contribution in [1.82, 2.24) is 9.84 Å². The summed E-state index contributed by atoms with van der Waals surface area (Å²) in [4.78, 5) is 2.51. The minimum atomic E-state index is -3.51. The molecule has 0 saturated heterocycles. The van der Waals surface area contributed by atoms with E-state index in [4.69, 9.17) is 5.73 Å². The molecule has 6 heteroatoms. The second-order valence-corrected chi connectivity index (χ2v) is 5.23. The third kappa shape index (κ3) is 3.19. The number of anilines is 1. The largest absolute Gasteiger partial charge is 0.399 e. The first-order valence-corrected chi connectivity index (χ1v) is 5.86. The van der Waals surface area contributed by atoms with E-state index in [1.54, 1.807) is 33.2 Å². The fraction of sp³-hybridized carbons (Fsp3) is 0.333. The van der Waals surface area contributed by atoms with Gasteiger partial charge in [-0.2, -0.15) is 0 Å². The Bertz CT molecular complexity index is 434. The van der Waals surface area contributed by atoms with Crippen molar-refractivity contribution in [2.24, 2.45) is 0 Å². The zero-order chi connectivity index (χ0) is 11.6. The Morgan fingerprint density at radius 2 is 1.87 bits per heavy atom. The third-order valence-electron chi connectivity index (χ3n) is 1.69. The first kappa shape index (κ1) is 12.0. The SMILES string of the molecule is Cc1cc(N)cc(S(=O)(=O)NN(C)C)c1. The number of hydrogen-bond acceptors (Lipinski definition) is 4. The average molecular weight is 229 g/mol. The van der Waals surface area contributed by atoms with Gasteiger partial charge in [-0.3, -0.25) is 0 Å². The maximum atomic E-state index is 11.7. The first-order chi connectivity index (χ1) is 6.81. The molecule has 0 aliphatic carbocycles. The lowest BCUT2D eigenvalue weighted by Crippen LogP contribution is -2.36. The number of nitrogens with zero attached hydrogens (tertiary/aromatic N) is 1. The number of hydrazine groups is 1. The first-order valence-electron chi connectivity index (χ1n) is 4.38. The molecular weight excluding hydrogens is 214 g/mol. The molecule has 0 saturated carbocycles. The predicted octanol–water partition coefficient (Wildman–Crippen LogP) is 0.332. The zero-order valence-corrected chi connectivity index (χ0v) is 9.80. The van der Waals surface area contributed by atoms with Gasteiger partial charge in [0, 0.05) is 19.8 Å². The van der Waals surface area contributed by atoms with Gasteiger partial charge < -0.3 is 5.73 Å². The minimum Gasteiger partial charge on any atom is -0.399 e. The number of nitrogens with two attached hydrogens (primary N) is 1. The highest BCUT2D eigenvalue weighted by Crippen LogP contribution is 2.15. The Morgan fingerprint density at radius 3 is 2.33 bits per heavy atom. The minimum absolute atomic E-state index is 0.175. The van der Waals surface area contributed by atoms with Gasteiger partial charge in [0.25, 0.3) is 10.0 Å². The van der Waals surface area contributed by atoms with Gasteiger partial charge in [0.2, 0.25) is 0 Å². The number of benzene rings is 1. The highest BCUT2D eigenvalue weighted by Gasteiger charge is 2.15. The summed E-state index contributed by atoms with van der Waals surface area (Å²) in [6.07, 6.45) is 0. The number of rotatable bonds is 3. The van der Waals surface area contributed by atoms with E-state index in [0.29, 0.717) is 5.69 Å². The van der Waals surface area contributed by atoms with Gasteiger partial charge in [-0.15, -0.1) is 4.83 Å². The van der Waals surface area contributed by atoms with E-state index in [-0.39, 0.29) is 4.90 Å². The summed E-state index contributed by atoms with van der Waals surface area (Å²) in [6.45, 7) is 1.80. The van der Waals surface area contributed by atoms with E-state index >= 15 is 0 Å². The van der Waals surface area contributed by atoms with Crippen molar-refractivity contribution in [2.45, 2.75) is 11.8 Å². The van der Waals surface area contributed by atoms with Gasteiger partial charge in [-0.25, -0.2) is 13.4 Å². The van der Waals surface area contributed by atoms with Crippen molar-refractivity contribution >= 4 is 15.7 Å². The predicted molar refractivity (Wildman–Crippen MR) is 59.6 cm³/mol. The van der Waals surface area contributed by atoms with Crippen LogP contribution in [0.25, 0.3) is 0 Å². The normalized spacial score (nSPS) is 12.0. The topological polar surface area (TPSA) is 75.4 Å². The molecule has 1 rings (SSSR count). The second kappa shape index (κ2) is 4.18. The summed E-state index contributed by atoms with van der Waals surface area (Å²) in [6, 6.07) is 4.72. The molecule has 0 fully saturated rings. The summed E-state index contributed by atoms with van der Waals surface area (Å²) < 4.78 is 23.5. The number of sulfonamides is 1. The van der Waals surface area contributed by atoms with Crippen molar-refractivity contribution in [1.29, 1.82) is 0 Å². The van der Waals surface area contributed by atoms with Crippen LogP contribution in [0.2, 0.25) is 0 Å². The summed E-state index contributed by atoms with van der Waals surface area (Å²) in [5.74, 6) is 0. The summed E-state index contributed by atoms with van der Waals surface area (Å²) in [7, 11) is -0.293. The molecule has 0 amide bonds. The lowest BCUT2D eigenvalue weighted by molar-refractivity contribution is 0.364. The number of nitrogen functional groups attached to an aromatic ring is 1. The van der Waals surface area contributed by atoms with Crippen molar-refractivity contribution in [2.75, 3.05) is 19.8 Å². The van der Waals surface area contributed by atoms with Crippen LogP contribution in [0.1, 0.15) is 5.56 Å². The van der Waals surface area contributed by atoms with Gasteiger partial charge in [0.15, 0.2) is 0 Å². The zero-order valence-electron chi connectivity index (χ0n) is 8.98. The van der Waals surface area contributed by atoms with Crippen LogP contribution in [0.5, 0.6) is 0 Å². The second-order valence-electron chi connectivity index (χ2n) is 3.57. The molecule has 3 N–H and O–H groups in total.